The molecule has 1 amide bonds. The van der Waals surface area contributed by atoms with Gasteiger partial charge in [-0.15, -0.1) is 0 Å². The number of methoxy groups -OCH3 is 2. The van der Waals surface area contributed by atoms with E-state index in [-0.39, 0.29) is 29.2 Å². The minimum atomic E-state index is -3.12. The van der Waals surface area contributed by atoms with E-state index in [1.165, 1.54) is 13.2 Å². The van der Waals surface area contributed by atoms with E-state index in [9.17, 15) is 18.4 Å². The first kappa shape index (κ1) is 23.9. The van der Waals surface area contributed by atoms with E-state index in [4.69, 9.17) is 9.47 Å². The molecule has 0 aliphatic carbocycles. The van der Waals surface area contributed by atoms with E-state index in [1.54, 1.807) is 4.52 Å². The number of fused-ring (bicyclic) bond motifs is 1. The van der Waals surface area contributed by atoms with Crippen molar-refractivity contribution in [2.24, 2.45) is 0 Å². The Morgan fingerprint density at radius 2 is 1.85 bits per heavy atom. The molecular weight excluding hydrogens is 438 g/mol. The van der Waals surface area contributed by atoms with Crippen LogP contribution in [0.4, 0.5) is 14.5 Å². The van der Waals surface area contributed by atoms with Crippen molar-refractivity contribution in [3.8, 4) is 11.5 Å². The summed E-state index contributed by atoms with van der Waals surface area (Å²) in [5.41, 5.74) is 3.97. The molecule has 2 heterocycles. The Hall–Kier alpha value is -3.76. The van der Waals surface area contributed by atoms with Gasteiger partial charge in [0, 0.05) is 36.0 Å². The molecule has 0 bridgehead atoms. The molecule has 0 fully saturated rings. The zero-order valence-electron chi connectivity index (χ0n) is 18.9. The van der Waals surface area contributed by atoms with Gasteiger partial charge in [0.05, 0.1) is 31.2 Å². The summed E-state index contributed by atoms with van der Waals surface area (Å²) in [6.07, 6.45) is 0.405. The van der Waals surface area contributed by atoms with Gasteiger partial charge in [0.15, 0.2) is 17.1 Å². The first-order chi connectivity index (χ1) is 15.6. The largest absolute Gasteiger partial charge is 0.493 e. The van der Waals surface area contributed by atoms with Crippen LogP contribution in [-0.4, -0.2) is 47.3 Å². The third-order valence-electron chi connectivity index (χ3n) is 5.09. The summed E-state index contributed by atoms with van der Waals surface area (Å²) in [6.45, 7) is 2.51. The predicted molar refractivity (Wildman–Crippen MR) is 115 cm³/mol. The van der Waals surface area contributed by atoms with E-state index in [0.717, 1.165) is 41.5 Å². The highest BCUT2D eigenvalue weighted by molar-refractivity contribution is 6.02. The number of aryl methyl sites for hydroxylation is 3. The van der Waals surface area contributed by atoms with E-state index in [1.807, 2.05) is 26.8 Å². The Morgan fingerprint density at radius 1 is 1.12 bits per heavy atom. The van der Waals surface area contributed by atoms with Gasteiger partial charge < -0.3 is 19.5 Å². The standard InChI is InChI=1S/C22H24F2N4O5/c1-11-8-19-25-12(2)14(13(3)28(19)27-11)6-7-20(29)26-16-10-18(33-22(23)24)17(31-4)9-15(16)21(30)32-5/h8-10,22H,6-7H2,1-5H3,(H,26,29). The number of carbonyl (C=O) groups excluding carboxylic acids is 2. The number of hydrogen-bond donors (Lipinski definition) is 1. The maximum atomic E-state index is 12.8. The molecule has 11 heteroatoms. The molecule has 0 radical (unpaired) electrons. The normalized spacial score (nSPS) is 11.0. The molecule has 0 aliphatic heterocycles. The summed E-state index contributed by atoms with van der Waals surface area (Å²) in [5.74, 6) is -1.65. The molecule has 0 atom stereocenters. The van der Waals surface area contributed by atoms with Crippen molar-refractivity contribution in [3.63, 3.8) is 0 Å². The van der Waals surface area contributed by atoms with Crippen molar-refractivity contribution >= 4 is 23.2 Å². The summed E-state index contributed by atoms with van der Waals surface area (Å²) in [5, 5.41) is 6.99. The number of hydrogen-bond acceptors (Lipinski definition) is 7. The molecule has 0 unspecified atom stereocenters. The molecule has 9 nitrogen and oxygen atoms in total. The van der Waals surface area contributed by atoms with Gasteiger partial charge in [-0.1, -0.05) is 0 Å². The SMILES string of the molecule is COC(=O)c1cc(OC)c(OC(F)F)cc1NC(=O)CCc1c(C)nc2cc(C)nn2c1C. The van der Waals surface area contributed by atoms with Gasteiger partial charge in [0.1, 0.15) is 0 Å². The molecule has 176 valence electrons. The van der Waals surface area contributed by atoms with E-state index in [2.05, 4.69) is 20.1 Å². The Morgan fingerprint density at radius 3 is 2.48 bits per heavy atom. The molecule has 1 N–H and O–H groups in total. The Labute approximate surface area is 188 Å². The van der Waals surface area contributed by atoms with Crippen LogP contribution in [0, 0.1) is 20.8 Å². The van der Waals surface area contributed by atoms with Crippen molar-refractivity contribution in [3.05, 3.63) is 46.4 Å². The summed E-state index contributed by atoms with van der Waals surface area (Å²) in [6, 6.07) is 4.14. The van der Waals surface area contributed by atoms with Crippen LogP contribution in [-0.2, 0) is 16.0 Å². The highest BCUT2D eigenvalue weighted by atomic mass is 19.3. The molecule has 0 aliphatic rings. The highest BCUT2D eigenvalue weighted by Gasteiger charge is 2.21. The van der Waals surface area contributed by atoms with Gasteiger partial charge in [-0.05, 0) is 32.8 Å². The third kappa shape index (κ3) is 5.18. The van der Waals surface area contributed by atoms with Crippen LogP contribution < -0.4 is 14.8 Å². The summed E-state index contributed by atoms with van der Waals surface area (Å²) in [4.78, 5) is 29.4. The lowest BCUT2D eigenvalue weighted by atomic mass is 10.1. The van der Waals surface area contributed by atoms with Crippen LogP contribution in [0.1, 0.15) is 39.4 Å². The van der Waals surface area contributed by atoms with E-state index >= 15 is 0 Å². The molecular formula is C22H24F2N4O5. The highest BCUT2D eigenvalue weighted by Crippen LogP contribution is 2.35. The zero-order chi connectivity index (χ0) is 24.3. The van der Waals surface area contributed by atoms with Crippen molar-refractivity contribution in [2.75, 3.05) is 19.5 Å². The van der Waals surface area contributed by atoms with E-state index < -0.39 is 18.5 Å². The molecule has 1 aromatic carbocycles. The van der Waals surface area contributed by atoms with Crippen LogP contribution in [0.3, 0.4) is 0 Å². The zero-order valence-corrected chi connectivity index (χ0v) is 18.9. The number of benzene rings is 1. The van der Waals surface area contributed by atoms with Crippen molar-refractivity contribution in [2.45, 2.75) is 40.2 Å². The topological polar surface area (TPSA) is 104 Å². The van der Waals surface area contributed by atoms with Gasteiger partial charge in [0.25, 0.3) is 0 Å². The van der Waals surface area contributed by atoms with Gasteiger partial charge >= 0.3 is 12.6 Å². The second-order valence-electron chi connectivity index (χ2n) is 7.28. The minimum Gasteiger partial charge on any atom is -0.493 e. The van der Waals surface area contributed by atoms with Gasteiger partial charge in [-0.2, -0.15) is 13.9 Å². The van der Waals surface area contributed by atoms with Crippen LogP contribution >= 0.6 is 0 Å². The van der Waals surface area contributed by atoms with Crippen LogP contribution in [0.5, 0.6) is 11.5 Å². The number of rotatable bonds is 8. The lowest BCUT2D eigenvalue weighted by Gasteiger charge is -2.16. The molecule has 0 saturated carbocycles. The number of anilines is 1. The fourth-order valence-corrected chi connectivity index (χ4v) is 3.54. The molecule has 3 rings (SSSR count). The first-order valence-corrected chi connectivity index (χ1v) is 10.0. The van der Waals surface area contributed by atoms with E-state index in [0.29, 0.717) is 6.42 Å². The maximum absolute atomic E-state index is 12.8. The van der Waals surface area contributed by atoms with Gasteiger partial charge in [-0.3, -0.25) is 4.79 Å². The number of nitrogens with one attached hydrogen (secondary N) is 1. The molecule has 0 spiro atoms. The number of carbonyl (C=O) groups is 2. The van der Waals surface area contributed by atoms with Crippen LogP contribution in [0.2, 0.25) is 0 Å². The quantitative estimate of drug-likeness (QED) is 0.510. The molecule has 2 aromatic heterocycles. The first-order valence-electron chi connectivity index (χ1n) is 10.0. The van der Waals surface area contributed by atoms with Crippen LogP contribution in [0.25, 0.3) is 5.65 Å². The number of nitrogens with zero attached hydrogens (tertiary/aromatic N) is 3. The lowest BCUT2D eigenvalue weighted by molar-refractivity contribution is -0.116. The average Bonchev–Trinajstić information content (AvgIpc) is 3.13. The lowest BCUT2D eigenvalue weighted by Crippen LogP contribution is -2.17. The smallest absolute Gasteiger partial charge is 0.387 e. The monoisotopic (exact) mass is 462 g/mol. The Balaban J connectivity index is 1.85. The molecule has 3 aromatic rings. The number of esters is 1. The maximum Gasteiger partial charge on any atom is 0.387 e. The summed E-state index contributed by atoms with van der Waals surface area (Å²) >= 11 is 0. The third-order valence-corrected chi connectivity index (χ3v) is 5.09. The predicted octanol–water partition coefficient (Wildman–Crippen LogP) is 3.62. The summed E-state index contributed by atoms with van der Waals surface area (Å²) in [7, 11) is 2.40. The summed E-state index contributed by atoms with van der Waals surface area (Å²) < 4.78 is 41.5. The Kier molecular flexibility index (Phi) is 7.10. The molecule has 33 heavy (non-hydrogen) atoms. The van der Waals surface area contributed by atoms with Crippen molar-refractivity contribution < 1.29 is 32.6 Å². The van der Waals surface area contributed by atoms with Crippen molar-refractivity contribution in [1.29, 1.82) is 0 Å². The fourth-order valence-electron chi connectivity index (χ4n) is 3.54. The minimum absolute atomic E-state index is 0.0342. The second-order valence-corrected chi connectivity index (χ2v) is 7.28. The van der Waals surface area contributed by atoms with Crippen LogP contribution in [0.15, 0.2) is 18.2 Å². The van der Waals surface area contributed by atoms with Crippen molar-refractivity contribution in [1.82, 2.24) is 14.6 Å². The number of alkyl halides is 2. The number of amides is 1. The van der Waals surface area contributed by atoms with Gasteiger partial charge in [-0.25, -0.2) is 14.3 Å². The number of halogens is 2. The molecule has 0 saturated heterocycles. The number of aromatic nitrogens is 3. The Bertz CT molecular complexity index is 1210. The van der Waals surface area contributed by atoms with Gasteiger partial charge in [0.2, 0.25) is 5.91 Å². The fraction of sp³-hybridized carbons (Fsp3) is 0.364. The number of ether oxygens (including phenoxy) is 3. The second kappa shape index (κ2) is 9.80. The average molecular weight is 462 g/mol.